The van der Waals surface area contributed by atoms with E-state index in [-0.39, 0.29) is 4.90 Å². The average Bonchev–Trinajstić information content (AvgIpc) is 2.94. The minimum absolute atomic E-state index is 0.258. The number of nitrogens with zero attached hydrogens (tertiary/aromatic N) is 2. The summed E-state index contributed by atoms with van der Waals surface area (Å²) >= 11 is 0. The van der Waals surface area contributed by atoms with Crippen molar-refractivity contribution in [1.29, 1.82) is 0 Å². The number of hydrogen-bond acceptors (Lipinski definition) is 5. The third-order valence-corrected chi connectivity index (χ3v) is 6.13. The maximum absolute atomic E-state index is 12.8. The number of benzene rings is 1. The molecule has 2 saturated heterocycles. The quantitative estimate of drug-likeness (QED) is 0.625. The van der Waals surface area contributed by atoms with Crippen LogP contribution in [0.3, 0.4) is 0 Å². The fourth-order valence-corrected chi connectivity index (χ4v) is 4.75. The van der Waals surface area contributed by atoms with Gasteiger partial charge in [-0.05, 0) is 31.5 Å². The molecule has 0 aromatic heterocycles. The molecule has 20 heavy (non-hydrogen) atoms. The summed E-state index contributed by atoms with van der Waals surface area (Å²) in [5, 5.41) is 0. The lowest BCUT2D eigenvalue weighted by atomic mass is 10.2. The molecule has 0 aliphatic carbocycles. The third-order valence-electron chi connectivity index (χ3n) is 4.21. The molecule has 2 heterocycles. The summed E-state index contributed by atoms with van der Waals surface area (Å²) in [6.45, 7) is 3.06. The van der Waals surface area contributed by atoms with Crippen molar-refractivity contribution in [2.45, 2.75) is 23.8 Å². The number of nitrogens with one attached hydrogen (secondary N) is 1. The first-order chi connectivity index (χ1) is 9.63. The normalized spacial score (nSPS) is 24.6. The van der Waals surface area contributed by atoms with E-state index in [9.17, 15) is 8.42 Å². The van der Waals surface area contributed by atoms with E-state index in [1.54, 1.807) is 28.6 Å². The summed E-state index contributed by atoms with van der Waals surface area (Å²) in [5.41, 5.74) is 2.92. The molecule has 3 rings (SSSR count). The molecule has 2 aliphatic rings. The predicted molar refractivity (Wildman–Crippen MR) is 77.6 cm³/mol. The van der Waals surface area contributed by atoms with Gasteiger partial charge in [-0.25, -0.2) is 8.42 Å². The monoisotopic (exact) mass is 296 g/mol. The molecular weight excluding hydrogens is 276 g/mol. The first-order valence-corrected chi connectivity index (χ1v) is 8.37. The molecular formula is C13H20N4O2S. The first-order valence-electron chi connectivity index (χ1n) is 6.93. The Balaban J connectivity index is 1.88. The highest BCUT2D eigenvalue weighted by molar-refractivity contribution is 7.89. The second-order valence-corrected chi connectivity index (χ2v) is 7.24. The highest BCUT2D eigenvalue weighted by Crippen LogP contribution is 2.28. The van der Waals surface area contributed by atoms with Gasteiger partial charge in [0, 0.05) is 25.7 Å². The van der Waals surface area contributed by atoms with E-state index in [1.165, 1.54) is 6.42 Å². The largest absolute Gasteiger partial charge is 0.323 e. The minimum atomic E-state index is -3.48. The van der Waals surface area contributed by atoms with Crippen molar-refractivity contribution in [3.8, 4) is 0 Å². The predicted octanol–water partition coefficient (Wildman–Crippen LogP) is 0.441. The summed E-state index contributed by atoms with van der Waals surface area (Å²) in [5.74, 6) is 5.42. The molecule has 0 radical (unpaired) electrons. The van der Waals surface area contributed by atoms with E-state index in [4.69, 9.17) is 5.84 Å². The van der Waals surface area contributed by atoms with Crippen LogP contribution in [0.2, 0.25) is 0 Å². The standard InChI is InChI=1S/C13H20N4O2S/c14-15-12-5-1-2-6-13(12)20(18,19)17-9-8-16-7-3-4-11(16)10-17/h1-2,5-6,11,15H,3-4,7-10,14H2. The number of hydrogen-bond donors (Lipinski definition) is 2. The second kappa shape index (κ2) is 5.33. The van der Waals surface area contributed by atoms with Gasteiger partial charge in [-0.15, -0.1) is 0 Å². The maximum Gasteiger partial charge on any atom is 0.245 e. The SMILES string of the molecule is NNc1ccccc1S(=O)(=O)N1CCN2CCCC2C1. The van der Waals surface area contributed by atoms with Gasteiger partial charge in [0.05, 0.1) is 5.69 Å². The van der Waals surface area contributed by atoms with E-state index >= 15 is 0 Å². The van der Waals surface area contributed by atoms with Crippen LogP contribution in [0.1, 0.15) is 12.8 Å². The van der Waals surface area contributed by atoms with Crippen molar-refractivity contribution in [2.75, 3.05) is 31.6 Å². The van der Waals surface area contributed by atoms with Gasteiger partial charge in [-0.1, -0.05) is 12.1 Å². The highest BCUT2D eigenvalue weighted by atomic mass is 32.2. The lowest BCUT2D eigenvalue weighted by molar-refractivity contribution is 0.158. The Labute approximate surface area is 119 Å². The Morgan fingerprint density at radius 3 is 2.80 bits per heavy atom. The summed E-state index contributed by atoms with van der Waals surface area (Å²) in [6.07, 6.45) is 2.25. The van der Waals surface area contributed by atoms with Crippen LogP contribution in [-0.4, -0.2) is 49.8 Å². The zero-order valence-electron chi connectivity index (χ0n) is 11.3. The number of anilines is 1. The Morgan fingerprint density at radius 2 is 2.00 bits per heavy atom. The summed E-state index contributed by atoms with van der Waals surface area (Å²) in [4.78, 5) is 2.65. The number of nitrogen functional groups attached to an aromatic ring is 1. The van der Waals surface area contributed by atoms with Gasteiger partial charge in [0.25, 0.3) is 0 Å². The number of piperazine rings is 1. The second-order valence-electron chi connectivity index (χ2n) is 5.34. The molecule has 1 aromatic carbocycles. The molecule has 0 amide bonds. The lowest BCUT2D eigenvalue weighted by Crippen LogP contribution is -2.51. The van der Waals surface area contributed by atoms with Crippen LogP contribution >= 0.6 is 0 Å². The van der Waals surface area contributed by atoms with Crippen molar-refractivity contribution in [2.24, 2.45) is 5.84 Å². The third kappa shape index (κ3) is 2.31. The van der Waals surface area contributed by atoms with Crippen LogP contribution in [0, 0.1) is 0 Å². The number of rotatable bonds is 3. The molecule has 2 fully saturated rings. The van der Waals surface area contributed by atoms with Crippen molar-refractivity contribution >= 4 is 15.7 Å². The average molecular weight is 296 g/mol. The number of nitrogens with two attached hydrogens (primary N) is 1. The molecule has 7 heteroatoms. The van der Waals surface area contributed by atoms with Crippen molar-refractivity contribution in [1.82, 2.24) is 9.21 Å². The zero-order valence-corrected chi connectivity index (χ0v) is 12.1. The first kappa shape index (κ1) is 13.8. The molecule has 110 valence electrons. The van der Waals surface area contributed by atoms with Crippen LogP contribution in [0.5, 0.6) is 0 Å². The van der Waals surface area contributed by atoms with E-state index in [0.717, 1.165) is 19.5 Å². The van der Waals surface area contributed by atoms with Crippen LogP contribution in [0.15, 0.2) is 29.2 Å². The number of sulfonamides is 1. The van der Waals surface area contributed by atoms with Gasteiger partial charge in [-0.3, -0.25) is 10.7 Å². The van der Waals surface area contributed by atoms with Gasteiger partial charge < -0.3 is 5.43 Å². The Kier molecular flexibility index (Phi) is 3.68. The fraction of sp³-hybridized carbons (Fsp3) is 0.538. The smallest absolute Gasteiger partial charge is 0.245 e. The van der Waals surface area contributed by atoms with Crippen LogP contribution < -0.4 is 11.3 Å². The van der Waals surface area contributed by atoms with Crippen LogP contribution in [-0.2, 0) is 10.0 Å². The highest BCUT2D eigenvalue weighted by Gasteiger charge is 2.36. The van der Waals surface area contributed by atoms with E-state index < -0.39 is 10.0 Å². The van der Waals surface area contributed by atoms with Gasteiger partial charge in [0.15, 0.2) is 0 Å². The molecule has 2 aliphatic heterocycles. The molecule has 0 bridgehead atoms. The molecule has 0 spiro atoms. The van der Waals surface area contributed by atoms with Gasteiger partial charge in [0.1, 0.15) is 4.90 Å². The summed E-state index contributed by atoms with van der Waals surface area (Å²) in [7, 11) is -3.48. The molecule has 3 N–H and O–H groups in total. The Bertz CT molecular complexity index is 590. The summed E-state index contributed by atoms with van der Waals surface area (Å²) in [6, 6.07) is 7.14. The van der Waals surface area contributed by atoms with Crippen molar-refractivity contribution < 1.29 is 8.42 Å². The van der Waals surface area contributed by atoms with Gasteiger partial charge in [-0.2, -0.15) is 4.31 Å². The van der Waals surface area contributed by atoms with Gasteiger partial charge >= 0.3 is 0 Å². The number of hydrazine groups is 1. The van der Waals surface area contributed by atoms with E-state index in [0.29, 0.717) is 24.8 Å². The van der Waals surface area contributed by atoms with E-state index in [2.05, 4.69) is 10.3 Å². The molecule has 6 nitrogen and oxygen atoms in total. The maximum atomic E-state index is 12.8. The van der Waals surface area contributed by atoms with Crippen molar-refractivity contribution in [3.63, 3.8) is 0 Å². The Hall–Kier alpha value is -1.15. The van der Waals surface area contributed by atoms with Crippen LogP contribution in [0.4, 0.5) is 5.69 Å². The topological polar surface area (TPSA) is 78.7 Å². The molecule has 1 unspecified atom stereocenters. The molecule has 1 aromatic rings. The van der Waals surface area contributed by atoms with Gasteiger partial charge in [0.2, 0.25) is 10.0 Å². The van der Waals surface area contributed by atoms with E-state index in [1.807, 2.05) is 0 Å². The summed E-state index contributed by atoms with van der Waals surface area (Å²) < 4.78 is 27.1. The number of para-hydroxylation sites is 1. The Morgan fingerprint density at radius 1 is 1.20 bits per heavy atom. The van der Waals surface area contributed by atoms with Crippen LogP contribution in [0.25, 0.3) is 0 Å². The molecule has 1 atom stereocenters. The lowest BCUT2D eigenvalue weighted by Gasteiger charge is -2.36. The fourth-order valence-electron chi connectivity index (χ4n) is 3.13. The number of fused-ring (bicyclic) bond motifs is 1. The minimum Gasteiger partial charge on any atom is -0.323 e. The van der Waals surface area contributed by atoms with Crippen molar-refractivity contribution in [3.05, 3.63) is 24.3 Å². The molecule has 0 saturated carbocycles. The zero-order chi connectivity index (χ0) is 14.2.